The van der Waals surface area contributed by atoms with E-state index in [0.717, 1.165) is 19.3 Å². The molecule has 1 aliphatic rings. The molecule has 1 fully saturated rings. The number of nitrogens with two attached hydrogens (primary N) is 1. The van der Waals surface area contributed by atoms with Crippen LogP contribution in [0.1, 0.15) is 36.5 Å². The number of hydrogen-bond donors (Lipinski definition) is 2. The van der Waals surface area contributed by atoms with Crippen LogP contribution in [0.2, 0.25) is 0 Å². The maximum absolute atomic E-state index is 12.6. The predicted octanol–water partition coefficient (Wildman–Crippen LogP) is 1.78. The standard InChI is InChI=1S/C14H20N2O4S/c1-10-3-2-7-16(8-6-10)21(19,20)13-5-4-11(14(17)18)9-12(13)15/h4-5,9-10H,2-3,6-8,15H2,1H3,(H,17,18). The molecule has 0 amide bonds. The highest BCUT2D eigenvalue weighted by atomic mass is 32.2. The molecule has 1 heterocycles. The zero-order chi connectivity index (χ0) is 15.6. The van der Waals surface area contributed by atoms with E-state index in [1.807, 2.05) is 0 Å². The van der Waals surface area contributed by atoms with Crippen molar-refractivity contribution in [3.63, 3.8) is 0 Å². The van der Waals surface area contributed by atoms with Gasteiger partial charge in [-0.05, 0) is 43.4 Å². The van der Waals surface area contributed by atoms with Crippen LogP contribution < -0.4 is 5.73 Å². The van der Waals surface area contributed by atoms with Gasteiger partial charge in [-0.25, -0.2) is 13.2 Å². The van der Waals surface area contributed by atoms with Gasteiger partial charge in [-0.1, -0.05) is 6.92 Å². The maximum atomic E-state index is 12.6. The van der Waals surface area contributed by atoms with E-state index >= 15 is 0 Å². The van der Waals surface area contributed by atoms with Gasteiger partial charge in [0, 0.05) is 13.1 Å². The molecule has 0 saturated carbocycles. The number of carboxylic acid groups (broad SMARTS) is 1. The van der Waals surface area contributed by atoms with Crippen LogP contribution in [0.4, 0.5) is 5.69 Å². The Kier molecular flexibility index (Phi) is 4.53. The third-order valence-electron chi connectivity index (χ3n) is 3.85. The van der Waals surface area contributed by atoms with E-state index in [4.69, 9.17) is 10.8 Å². The summed E-state index contributed by atoms with van der Waals surface area (Å²) in [4.78, 5) is 10.9. The highest BCUT2D eigenvalue weighted by Crippen LogP contribution is 2.27. The zero-order valence-electron chi connectivity index (χ0n) is 11.9. The summed E-state index contributed by atoms with van der Waals surface area (Å²) < 4.78 is 26.7. The Labute approximate surface area is 124 Å². The van der Waals surface area contributed by atoms with Crippen LogP contribution in [0.3, 0.4) is 0 Å². The van der Waals surface area contributed by atoms with Gasteiger partial charge in [0.15, 0.2) is 0 Å². The van der Waals surface area contributed by atoms with Crippen LogP contribution in [0.15, 0.2) is 23.1 Å². The summed E-state index contributed by atoms with van der Waals surface area (Å²) in [5, 5.41) is 8.90. The summed E-state index contributed by atoms with van der Waals surface area (Å²) in [5.74, 6) is -0.619. The molecule has 0 aliphatic carbocycles. The molecule has 0 bridgehead atoms. The first-order chi connectivity index (χ1) is 9.82. The number of nitrogens with zero attached hydrogens (tertiary/aromatic N) is 1. The van der Waals surface area contributed by atoms with Crippen molar-refractivity contribution in [3.8, 4) is 0 Å². The predicted molar refractivity (Wildman–Crippen MR) is 79.6 cm³/mol. The summed E-state index contributed by atoms with van der Waals surface area (Å²) in [7, 11) is -3.67. The number of aromatic carboxylic acids is 1. The Bertz CT molecular complexity index is 642. The molecule has 1 aliphatic heterocycles. The van der Waals surface area contributed by atoms with Crippen molar-refractivity contribution in [1.29, 1.82) is 0 Å². The molecule has 6 nitrogen and oxygen atoms in total. The Morgan fingerprint density at radius 2 is 2.05 bits per heavy atom. The number of sulfonamides is 1. The lowest BCUT2D eigenvalue weighted by atomic mass is 10.0. The van der Waals surface area contributed by atoms with E-state index in [0.29, 0.717) is 19.0 Å². The molecule has 21 heavy (non-hydrogen) atoms. The number of carboxylic acids is 1. The number of nitrogen functional groups attached to an aromatic ring is 1. The van der Waals surface area contributed by atoms with Gasteiger partial charge >= 0.3 is 5.97 Å². The summed E-state index contributed by atoms with van der Waals surface area (Å²) in [6.07, 6.45) is 2.67. The number of carbonyl (C=O) groups is 1. The molecule has 7 heteroatoms. The third kappa shape index (κ3) is 3.36. The number of rotatable bonds is 3. The molecule has 2 rings (SSSR count). The van der Waals surface area contributed by atoms with Crippen LogP contribution in [0.25, 0.3) is 0 Å². The van der Waals surface area contributed by atoms with E-state index in [1.54, 1.807) is 0 Å². The van der Waals surface area contributed by atoms with Crippen LogP contribution in [0.5, 0.6) is 0 Å². The molecule has 0 radical (unpaired) electrons. The van der Waals surface area contributed by atoms with Crippen LogP contribution in [-0.4, -0.2) is 36.9 Å². The smallest absolute Gasteiger partial charge is 0.335 e. The van der Waals surface area contributed by atoms with Gasteiger partial charge in [-0.15, -0.1) is 0 Å². The Balaban J connectivity index is 2.33. The van der Waals surface area contributed by atoms with E-state index in [2.05, 4.69) is 6.92 Å². The Morgan fingerprint density at radius 3 is 2.67 bits per heavy atom. The Morgan fingerprint density at radius 1 is 1.33 bits per heavy atom. The third-order valence-corrected chi connectivity index (χ3v) is 5.82. The van der Waals surface area contributed by atoms with E-state index in [-0.39, 0.29) is 16.1 Å². The zero-order valence-corrected chi connectivity index (χ0v) is 12.8. The van der Waals surface area contributed by atoms with Crippen molar-refractivity contribution in [1.82, 2.24) is 4.31 Å². The summed E-state index contributed by atoms with van der Waals surface area (Å²) in [5.41, 5.74) is 5.71. The Hall–Kier alpha value is -1.60. The molecule has 1 unspecified atom stereocenters. The first kappa shape index (κ1) is 15.8. The first-order valence-corrected chi connectivity index (χ1v) is 8.39. The minimum atomic E-state index is -3.67. The minimum Gasteiger partial charge on any atom is -0.478 e. The van der Waals surface area contributed by atoms with Crippen LogP contribution in [0, 0.1) is 5.92 Å². The summed E-state index contributed by atoms with van der Waals surface area (Å²) in [6, 6.07) is 3.74. The van der Waals surface area contributed by atoms with Gasteiger partial charge in [0.1, 0.15) is 4.90 Å². The molecular weight excluding hydrogens is 292 g/mol. The number of benzene rings is 1. The first-order valence-electron chi connectivity index (χ1n) is 6.95. The lowest BCUT2D eigenvalue weighted by molar-refractivity contribution is 0.0697. The molecule has 0 spiro atoms. The van der Waals surface area contributed by atoms with Crippen LogP contribution >= 0.6 is 0 Å². The summed E-state index contributed by atoms with van der Waals surface area (Å²) >= 11 is 0. The molecule has 1 atom stereocenters. The van der Waals surface area contributed by atoms with Crippen molar-refractivity contribution in [2.24, 2.45) is 5.92 Å². The lowest BCUT2D eigenvalue weighted by Gasteiger charge is -2.21. The average molecular weight is 312 g/mol. The largest absolute Gasteiger partial charge is 0.478 e. The fraction of sp³-hybridized carbons (Fsp3) is 0.500. The van der Waals surface area contributed by atoms with E-state index < -0.39 is 16.0 Å². The van der Waals surface area contributed by atoms with Gasteiger partial charge in [0.25, 0.3) is 0 Å². The average Bonchev–Trinajstić information content (AvgIpc) is 2.63. The number of anilines is 1. The lowest BCUT2D eigenvalue weighted by Crippen LogP contribution is -2.32. The minimum absolute atomic E-state index is 0.0120. The number of hydrogen-bond acceptors (Lipinski definition) is 4. The highest BCUT2D eigenvalue weighted by molar-refractivity contribution is 7.89. The monoisotopic (exact) mass is 312 g/mol. The molecule has 1 aromatic rings. The van der Waals surface area contributed by atoms with Crippen molar-refractivity contribution in [2.45, 2.75) is 31.1 Å². The van der Waals surface area contributed by atoms with Crippen LogP contribution in [-0.2, 0) is 10.0 Å². The normalized spacial score (nSPS) is 20.9. The van der Waals surface area contributed by atoms with Crippen molar-refractivity contribution >= 4 is 21.7 Å². The van der Waals surface area contributed by atoms with Gasteiger partial charge in [0.05, 0.1) is 11.3 Å². The van der Waals surface area contributed by atoms with Crippen molar-refractivity contribution < 1.29 is 18.3 Å². The molecule has 1 aromatic carbocycles. The van der Waals surface area contributed by atoms with Gasteiger partial charge in [0.2, 0.25) is 10.0 Å². The quantitative estimate of drug-likeness (QED) is 0.829. The van der Waals surface area contributed by atoms with Gasteiger partial charge in [-0.2, -0.15) is 4.31 Å². The molecule has 0 aromatic heterocycles. The fourth-order valence-corrected chi connectivity index (χ4v) is 4.12. The highest BCUT2D eigenvalue weighted by Gasteiger charge is 2.28. The second-order valence-corrected chi connectivity index (χ2v) is 7.40. The topological polar surface area (TPSA) is 101 Å². The molecule has 3 N–H and O–H groups in total. The molecule has 116 valence electrons. The van der Waals surface area contributed by atoms with E-state index in [1.165, 1.54) is 22.5 Å². The fourth-order valence-electron chi connectivity index (χ4n) is 2.53. The SMILES string of the molecule is CC1CCCN(S(=O)(=O)c2ccc(C(=O)O)cc2N)CC1. The molecular formula is C14H20N2O4S. The second kappa shape index (κ2) is 6.03. The van der Waals surface area contributed by atoms with Gasteiger partial charge in [-0.3, -0.25) is 0 Å². The second-order valence-electron chi connectivity index (χ2n) is 5.50. The van der Waals surface area contributed by atoms with E-state index in [9.17, 15) is 13.2 Å². The van der Waals surface area contributed by atoms with Crippen molar-refractivity contribution in [3.05, 3.63) is 23.8 Å². The maximum Gasteiger partial charge on any atom is 0.335 e. The van der Waals surface area contributed by atoms with Crippen molar-refractivity contribution in [2.75, 3.05) is 18.8 Å². The summed E-state index contributed by atoms with van der Waals surface area (Å²) in [6.45, 7) is 3.07. The van der Waals surface area contributed by atoms with Gasteiger partial charge < -0.3 is 10.8 Å². The molecule has 1 saturated heterocycles.